The number of carbonyl (C=O) groups is 1. The number of benzene rings is 3. The minimum Gasteiger partial charge on any atom is -0.493 e. The molecular weight excluding hydrogens is 482 g/mol. The SMILES string of the molecule is CCCCOc1ccccc1C(=O)NC(=S)Nc1ccc(S(=O)(=O)N(C)Cc2ccccc2)cc1. The van der Waals surface area contributed by atoms with Crippen molar-refractivity contribution in [1.82, 2.24) is 9.62 Å². The third kappa shape index (κ3) is 7.35. The van der Waals surface area contributed by atoms with Gasteiger partial charge in [-0.25, -0.2) is 8.42 Å². The van der Waals surface area contributed by atoms with Crippen molar-refractivity contribution < 1.29 is 17.9 Å². The van der Waals surface area contributed by atoms with Gasteiger partial charge in [-0.05, 0) is 60.6 Å². The van der Waals surface area contributed by atoms with Gasteiger partial charge in [0.25, 0.3) is 5.91 Å². The molecule has 0 aliphatic carbocycles. The van der Waals surface area contributed by atoms with Gasteiger partial charge in [0.15, 0.2) is 5.11 Å². The van der Waals surface area contributed by atoms with Crippen molar-refractivity contribution in [2.45, 2.75) is 31.2 Å². The molecule has 0 bridgehead atoms. The Kier molecular flexibility index (Phi) is 9.36. The van der Waals surface area contributed by atoms with Crippen molar-refractivity contribution in [3.05, 3.63) is 90.0 Å². The van der Waals surface area contributed by atoms with E-state index < -0.39 is 15.9 Å². The highest BCUT2D eigenvalue weighted by Crippen LogP contribution is 2.20. The lowest BCUT2D eigenvalue weighted by Crippen LogP contribution is -2.34. The molecule has 7 nitrogen and oxygen atoms in total. The number of ether oxygens (including phenoxy) is 1. The molecule has 0 saturated carbocycles. The van der Waals surface area contributed by atoms with E-state index in [-0.39, 0.29) is 16.6 Å². The van der Waals surface area contributed by atoms with E-state index in [1.54, 1.807) is 37.4 Å². The van der Waals surface area contributed by atoms with Crippen molar-refractivity contribution in [1.29, 1.82) is 0 Å². The Bertz CT molecular complexity index is 1250. The van der Waals surface area contributed by atoms with Gasteiger partial charge in [0.1, 0.15) is 5.75 Å². The molecule has 35 heavy (non-hydrogen) atoms. The normalized spacial score (nSPS) is 11.2. The molecule has 0 aliphatic rings. The fraction of sp³-hybridized carbons (Fsp3) is 0.231. The number of nitrogens with zero attached hydrogens (tertiary/aromatic N) is 1. The maximum Gasteiger partial charge on any atom is 0.261 e. The third-order valence-corrected chi connectivity index (χ3v) is 7.20. The largest absolute Gasteiger partial charge is 0.493 e. The number of hydrogen-bond acceptors (Lipinski definition) is 5. The first-order chi connectivity index (χ1) is 16.8. The van der Waals surface area contributed by atoms with Crippen LogP contribution in [-0.4, -0.2) is 37.4 Å². The Labute approximate surface area is 212 Å². The zero-order valence-electron chi connectivity index (χ0n) is 19.7. The van der Waals surface area contributed by atoms with Crippen LogP contribution in [0.5, 0.6) is 5.75 Å². The van der Waals surface area contributed by atoms with Crippen molar-refractivity contribution >= 4 is 38.9 Å². The average molecular weight is 512 g/mol. The molecular formula is C26H29N3O4S2. The average Bonchev–Trinajstić information content (AvgIpc) is 2.85. The molecule has 0 unspecified atom stereocenters. The van der Waals surface area contributed by atoms with Crippen LogP contribution in [0.15, 0.2) is 83.8 Å². The molecule has 0 aliphatic heterocycles. The van der Waals surface area contributed by atoms with Gasteiger partial charge >= 0.3 is 0 Å². The second kappa shape index (κ2) is 12.4. The van der Waals surface area contributed by atoms with Crippen LogP contribution in [0.25, 0.3) is 0 Å². The Hall–Kier alpha value is -3.27. The molecule has 0 radical (unpaired) electrons. The molecule has 0 saturated heterocycles. The number of rotatable bonds is 10. The van der Waals surface area contributed by atoms with Gasteiger partial charge in [0.2, 0.25) is 10.0 Å². The molecule has 3 aromatic carbocycles. The van der Waals surface area contributed by atoms with Gasteiger partial charge in [-0.15, -0.1) is 0 Å². The molecule has 2 N–H and O–H groups in total. The predicted molar refractivity (Wildman–Crippen MR) is 142 cm³/mol. The summed E-state index contributed by atoms with van der Waals surface area (Å²) in [7, 11) is -2.12. The van der Waals surface area contributed by atoms with Crippen molar-refractivity contribution in [3.63, 3.8) is 0 Å². The molecule has 3 aromatic rings. The zero-order valence-corrected chi connectivity index (χ0v) is 21.4. The molecule has 0 spiro atoms. The van der Waals surface area contributed by atoms with Crippen molar-refractivity contribution in [2.75, 3.05) is 19.0 Å². The third-order valence-electron chi connectivity index (χ3n) is 5.18. The summed E-state index contributed by atoms with van der Waals surface area (Å²) < 4.78 is 32.8. The highest BCUT2D eigenvalue weighted by molar-refractivity contribution is 7.89. The van der Waals surface area contributed by atoms with Crippen LogP contribution >= 0.6 is 12.2 Å². The zero-order chi connectivity index (χ0) is 25.3. The van der Waals surface area contributed by atoms with Crippen LogP contribution in [0.1, 0.15) is 35.7 Å². The number of amides is 1. The number of sulfonamides is 1. The summed E-state index contributed by atoms with van der Waals surface area (Å²) in [5.41, 5.74) is 1.83. The summed E-state index contributed by atoms with van der Waals surface area (Å²) >= 11 is 5.27. The lowest BCUT2D eigenvalue weighted by Gasteiger charge is -2.18. The van der Waals surface area contributed by atoms with Crippen LogP contribution in [0.4, 0.5) is 5.69 Å². The van der Waals surface area contributed by atoms with Gasteiger partial charge in [0.05, 0.1) is 17.1 Å². The molecule has 0 aromatic heterocycles. The van der Waals surface area contributed by atoms with Crippen molar-refractivity contribution in [2.24, 2.45) is 0 Å². The second-order valence-electron chi connectivity index (χ2n) is 7.88. The van der Waals surface area contributed by atoms with Crippen LogP contribution in [0.3, 0.4) is 0 Å². The molecule has 9 heteroatoms. The molecule has 3 rings (SSSR count). The predicted octanol–water partition coefficient (Wildman–Crippen LogP) is 4.81. The summed E-state index contributed by atoms with van der Waals surface area (Å²) in [6, 6.07) is 22.6. The number of carbonyl (C=O) groups excluding carboxylic acids is 1. The topological polar surface area (TPSA) is 87.7 Å². The number of unbranched alkanes of at least 4 members (excludes halogenated alkanes) is 1. The Balaban J connectivity index is 1.60. The molecule has 0 atom stereocenters. The highest BCUT2D eigenvalue weighted by atomic mass is 32.2. The first kappa shape index (κ1) is 26.3. The lowest BCUT2D eigenvalue weighted by atomic mass is 10.2. The molecule has 1 amide bonds. The van der Waals surface area contributed by atoms with Crippen LogP contribution < -0.4 is 15.4 Å². The molecule has 0 fully saturated rings. The van der Waals surface area contributed by atoms with Crippen LogP contribution in [-0.2, 0) is 16.6 Å². The van der Waals surface area contributed by atoms with Crippen molar-refractivity contribution in [3.8, 4) is 5.75 Å². The number of thiocarbonyl (C=S) groups is 1. The number of hydrogen-bond donors (Lipinski definition) is 2. The number of nitrogens with one attached hydrogen (secondary N) is 2. The van der Waals surface area contributed by atoms with E-state index in [0.717, 1.165) is 18.4 Å². The standard InChI is InChI=1S/C26H29N3O4S2/c1-3-4-18-33-24-13-9-8-12-23(24)25(30)28-26(34)27-21-14-16-22(17-15-21)35(31,32)29(2)19-20-10-6-5-7-11-20/h5-17H,3-4,18-19H2,1-2H3,(H2,27,28,30,34). The van der Waals surface area contributed by atoms with E-state index in [1.807, 2.05) is 36.4 Å². The van der Waals surface area contributed by atoms with Gasteiger partial charge < -0.3 is 10.1 Å². The second-order valence-corrected chi connectivity index (χ2v) is 10.3. The summed E-state index contributed by atoms with van der Waals surface area (Å²) in [4.78, 5) is 12.9. The first-order valence-corrected chi connectivity index (χ1v) is 13.1. The quantitative estimate of drug-likeness (QED) is 0.300. The summed E-state index contributed by atoms with van der Waals surface area (Å²) in [6.45, 7) is 2.86. The molecule has 184 valence electrons. The Morgan fingerprint density at radius 3 is 2.31 bits per heavy atom. The van der Waals surface area contributed by atoms with Crippen LogP contribution in [0.2, 0.25) is 0 Å². The fourth-order valence-electron chi connectivity index (χ4n) is 3.26. The Morgan fingerprint density at radius 1 is 0.971 bits per heavy atom. The minimum atomic E-state index is -3.66. The maximum absolute atomic E-state index is 12.9. The Morgan fingerprint density at radius 2 is 1.63 bits per heavy atom. The first-order valence-electron chi connectivity index (χ1n) is 11.3. The monoisotopic (exact) mass is 511 g/mol. The summed E-state index contributed by atoms with van der Waals surface area (Å²) in [6.07, 6.45) is 1.88. The van der Waals surface area contributed by atoms with Gasteiger partial charge in [0, 0.05) is 19.3 Å². The van der Waals surface area contributed by atoms with E-state index in [0.29, 0.717) is 23.6 Å². The number of para-hydroxylation sites is 1. The van der Waals surface area contributed by atoms with Gasteiger partial charge in [-0.3, -0.25) is 10.1 Å². The fourth-order valence-corrected chi connectivity index (χ4v) is 4.62. The maximum atomic E-state index is 12.9. The van der Waals surface area contributed by atoms with E-state index in [9.17, 15) is 13.2 Å². The smallest absolute Gasteiger partial charge is 0.261 e. The van der Waals surface area contributed by atoms with E-state index >= 15 is 0 Å². The van der Waals surface area contributed by atoms with E-state index in [4.69, 9.17) is 17.0 Å². The number of anilines is 1. The molecule has 0 heterocycles. The highest BCUT2D eigenvalue weighted by Gasteiger charge is 2.21. The van der Waals surface area contributed by atoms with Crippen LogP contribution in [0, 0.1) is 0 Å². The summed E-state index contributed by atoms with van der Waals surface area (Å²) in [5.74, 6) is 0.103. The van der Waals surface area contributed by atoms with E-state index in [1.165, 1.54) is 16.4 Å². The lowest BCUT2D eigenvalue weighted by molar-refractivity contribution is 0.0973. The van der Waals surface area contributed by atoms with Gasteiger partial charge in [-0.2, -0.15) is 4.31 Å². The minimum absolute atomic E-state index is 0.0927. The summed E-state index contributed by atoms with van der Waals surface area (Å²) in [5, 5.41) is 5.65. The van der Waals surface area contributed by atoms with Gasteiger partial charge in [-0.1, -0.05) is 55.8 Å². The van der Waals surface area contributed by atoms with E-state index in [2.05, 4.69) is 17.6 Å².